The molecule has 3 atom stereocenters. The van der Waals surface area contributed by atoms with Gasteiger partial charge in [-0.2, -0.15) is 4.98 Å². The second-order valence-corrected chi connectivity index (χ2v) is 8.95. The molecule has 4 aromatic carbocycles. The summed E-state index contributed by atoms with van der Waals surface area (Å²) in [4.78, 5) is 24.4. The number of H-pyrrole nitrogens is 1. The lowest BCUT2D eigenvalue weighted by Crippen LogP contribution is -2.24. The molecule has 0 aliphatic carbocycles. The molecular weight excluding hydrogens is 446 g/mol. The minimum Gasteiger partial charge on any atom is -0.394 e. The Hall–Kier alpha value is -4.05. The van der Waals surface area contributed by atoms with Crippen LogP contribution in [0.4, 0.5) is 11.6 Å². The Kier molecular flexibility index (Phi) is 4.34. The van der Waals surface area contributed by atoms with Gasteiger partial charge in [-0.3, -0.25) is 14.3 Å². The number of aromatic amines is 1. The summed E-state index contributed by atoms with van der Waals surface area (Å²) in [5.41, 5.74) is 0.949. The first-order valence-corrected chi connectivity index (χ1v) is 11.5. The molecule has 7 rings (SSSR count). The Morgan fingerprint density at radius 1 is 1.06 bits per heavy atom. The van der Waals surface area contributed by atoms with Crippen LogP contribution in [0.15, 0.2) is 65.7 Å². The van der Waals surface area contributed by atoms with Crippen LogP contribution in [0.3, 0.4) is 0 Å². The number of ether oxygens (including phenoxy) is 1. The molecule has 4 N–H and O–H groups in total. The Labute approximate surface area is 198 Å². The van der Waals surface area contributed by atoms with Gasteiger partial charge in [0.05, 0.1) is 19.0 Å². The van der Waals surface area contributed by atoms with E-state index in [9.17, 15) is 15.0 Å². The van der Waals surface area contributed by atoms with E-state index in [2.05, 4.69) is 68.8 Å². The van der Waals surface area contributed by atoms with Gasteiger partial charge in [-0.05, 0) is 33.0 Å². The molecule has 1 fully saturated rings. The number of nitrogens with one attached hydrogen (secondary N) is 2. The van der Waals surface area contributed by atoms with Gasteiger partial charge in [-0.15, -0.1) is 0 Å². The van der Waals surface area contributed by atoms with Gasteiger partial charge in [0, 0.05) is 17.5 Å². The van der Waals surface area contributed by atoms with Gasteiger partial charge < -0.3 is 20.3 Å². The van der Waals surface area contributed by atoms with Crippen LogP contribution < -0.4 is 10.9 Å². The van der Waals surface area contributed by atoms with Gasteiger partial charge in [0.1, 0.15) is 12.3 Å². The van der Waals surface area contributed by atoms with Crippen LogP contribution >= 0.6 is 0 Å². The third-order valence-electron chi connectivity index (χ3n) is 6.91. The predicted molar refractivity (Wildman–Crippen MR) is 133 cm³/mol. The zero-order chi connectivity index (χ0) is 23.7. The number of rotatable bonds is 4. The third kappa shape index (κ3) is 3.02. The lowest BCUT2D eigenvalue weighted by molar-refractivity contribution is -0.0432. The highest BCUT2D eigenvalue weighted by Crippen LogP contribution is 2.38. The van der Waals surface area contributed by atoms with Crippen LogP contribution in [0.2, 0.25) is 0 Å². The van der Waals surface area contributed by atoms with E-state index >= 15 is 0 Å². The van der Waals surface area contributed by atoms with Crippen molar-refractivity contribution in [1.29, 1.82) is 0 Å². The molecule has 1 saturated heterocycles. The van der Waals surface area contributed by atoms with E-state index in [0.29, 0.717) is 5.65 Å². The van der Waals surface area contributed by atoms with Crippen LogP contribution in [-0.4, -0.2) is 48.5 Å². The van der Waals surface area contributed by atoms with Crippen LogP contribution in [0, 0.1) is 0 Å². The van der Waals surface area contributed by atoms with Crippen LogP contribution in [-0.2, 0) is 4.74 Å². The van der Waals surface area contributed by atoms with Gasteiger partial charge >= 0.3 is 0 Å². The van der Waals surface area contributed by atoms with Gasteiger partial charge in [-0.1, -0.05) is 48.5 Å². The number of aliphatic hydroxyl groups excluding tert-OH is 2. The van der Waals surface area contributed by atoms with E-state index in [4.69, 9.17) is 4.74 Å². The normalized spacial score (nSPS) is 20.6. The van der Waals surface area contributed by atoms with E-state index in [1.165, 1.54) is 22.5 Å². The maximum Gasteiger partial charge on any atom is 0.280 e. The topological polar surface area (TPSA) is 125 Å². The van der Waals surface area contributed by atoms with Gasteiger partial charge in [-0.25, -0.2) is 4.98 Å². The molecule has 0 bridgehead atoms. The van der Waals surface area contributed by atoms with Crippen LogP contribution in [0.25, 0.3) is 43.5 Å². The molecule has 9 nitrogen and oxygen atoms in total. The van der Waals surface area contributed by atoms with Gasteiger partial charge in [0.25, 0.3) is 5.56 Å². The highest BCUT2D eigenvalue weighted by Gasteiger charge is 2.35. The summed E-state index contributed by atoms with van der Waals surface area (Å²) in [6, 6.07) is 18.7. The molecule has 1 aliphatic rings. The van der Waals surface area contributed by atoms with Crippen molar-refractivity contribution >= 4 is 55.1 Å². The summed E-state index contributed by atoms with van der Waals surface area (Å²) in [5, 5.41) is 29.7. The quantitative estimate of drug-likeness (QED) is 0.293. The number of hydrogen-bond donors (Lipinski definition) is 4. The van der Waals surface area contributed by atoms with Crippen molar-refractivity contribution in [1.82, 2.24) is 19.5 Å². The van der Waals surface area contributed by atoms with Crippen molar-refractivity contribution in [3.05, 3.63) is 71.3 Å². The molecule has 35 heavy (non-hydrogen) atoms. The molecule has 1 aliphatic heterocycles. The van der Waals surface area contributed by atoms with E-state index in [1.807, 2.05) is 6.07 Å². The number of hydrogen-bond acceptors (Lipinski definition) is 7. The molecule has 0 spiro atoms. The Morgan fingerprint density at radius 3 is 2.57 bits per heavy atom. The van der Waals surface area contributed by atoms with E-state index in [0.717, 1.165) is 21.8 Å². The summed E-state index contributed by atoms with van der Waals surface area (Å²) < 4.78 is 7.37. The number of benzene rings is 4. The van der Waals surface area contributed by atoms with Crippen molar-refractivity contribution in [2.75, 3.05) is 11.9 Å². The first-order chi connectivity index (χ1) is 17.1. The molecule has 0 saturated carbocycles. The lowest BCUT2D eigenvalue weighted by Gasteiger charge is -2.15. The number of aliphatic hydroxyl groups is 2. The largest absolute Gasteiger partial charge is 0.394 e. The fourth-order valence-electron chi connectivity index (χ4n) is 5.22. The van der Waals surface area contributed by atoms with E-state index in [-0.39, 0.29) is 30.1 Å². The first-order valence-electron chi connectivity index (χ1n) is 11.5. The summed E-state index contributed by atoms with van der Waals surface area (Å²) in [6.45, 7) is -0.292. The summed E-state index contributed by atoms with van der Waals surface area (Å²) >= 11 is 0. The molecule has 0 amide bonds. The fraction of sp³-hybridized carbons (Fsp3) is 0.192. The number of nitrogens with zero attached hydrogens (tertiary/aromatic N) is 3. The van der Waals surface area contributed by atoms with E-state index < -0.39 is 18.4 Å². The van der Waals surface area contributed by atoms with Crippen molar-refractivity contribution in [2.24, 2.45) is 0 Å². The van der Waals surface area contributed by atoms with Crippen molar-refractivity contribution in [3.63, 3.8) is 0 Å². The lowest BCUT2D eigenvalue weighted by atomic mass is 9.93. The third-order valence-corrected chi connectivity index (χ3v) is 6.91. The Balaban J connectivity index is 1.34. The molecule has 6 aromatic rings. The Morgan fingerprint density at radius 2 is 1.80 bits per heavy atom. The predicted octanol–water partition coefficient (Wildman–Crippen LogP) is 3.40. The minimum atomic E-state index is -0.806. The monoisotopic (exact) mass is 467 g/mol. The standard InChI is InChI=1S/C26H21N5O4/c32-11-19-18(33)10-20(35-19)31-12-27-23-24(31)29-26(30-25(23)34)28-17-9-7-15-5-4-13-2-1-3-14-6-8-16(17)22(15)21(13)14/h1-9,12,18-20,32-33H,10-11H2,(H2,28,29,30,34)/t18-,19+,20+/m0/s1. The van der Waals surface area contributed by atoms with Crippen molar-refractivity contribution in [3.8, 4) is 0 Å². The second-order valence-electron chi connectivity index (χ2n) is 8.95. The second kappa shape index (κ2) is 7.47. The number of aromatic nitrogens is 4. The molecular formula is C26H21N5O4. The highest BCUT2D eigenvalue weighted by atomic mass is 16.5. The number of anilines is 2. The van der Waals surface area contributed by atoms with Crippen molar-refractivity contribution < 1.29 is 14.9 Å². The first kappa shape index (κ1) is 20.3. The molecule has 2 aromatic heterocycles. The van der Waals surface area contributed by atoms with E-state index in [1.54, 1.807) is 4.57 Å². The number of fused-ring (bicyclic) bond motifs is 1. The SMILES string of the molecule is O=c1[nH]c(Nc2ccc3ccc4cccc5ccc2c3c45)nc2c1ncn2[C@H]1C[C@H](O)[C@@H](CO)O1. The van der Waals surface area contributed by atoms with Gasteiger partial charge in [0.2, 0.25) is 5.95 Å². The molecule has 0 unspecified atom stereocenters. The maximum absolute atomic E-state index is 12.8. The smallest absolute Gasteiger partial charge is 0.280 e. The van der Waals surface area contributed by atoms with Gasteiger partial charge in [0.15, 0.2) is 11.2 Å². The molecule has 3 heterocycles. The zero-order valence-corrected chi connectivity index (χ0v) is 18.5. The Bertz CT molecular complexity index is 1780. The average Bonchev–Trinajstić information content (AvgIpc) is 3.46. The molecule has 174 valence electrons. The maximum atomic E-state index is 12.8. The number of imidazole rings is 1. The zero-order valence-electron chi connectivity index (χ0n) is 18.5. The summed E-state index contributed by atoms with van der Waals surface area (Å²) in [6.07, 6.45) is -0.329. The molecule has 9 heteroatoms. The van der Waals surface area contributed by atoms with Crippen LogP contribution in [0.5, 0.6) is 0 Å². The summed E-state index contributed by atoms with van der Waals surface area (Å²) in [5.74, 6) is 0.275. The highest BCUT2D eigenvalue weighted by molar-refractivity contribution is 6.25. The summed E-state index contributed by atoms with van der Waals surface area (Å²) in [7, 11) is 0. The van der Waals surface area contributed by atoms with Crippen LogP contribution in [0.1, 0.15) is 12.6 Å². The fourth-order valence-corrected chi connectivity index (χ4v) is 5.22. The molecule has 0 radical (unpaired) electrons. The minimum absolute atomic E-state index is 0.177. The van der Waals surface area contributed by atoms with Crippen molar-refractivity contribution in [2.45, 2.75) is 24.9 Å². The average molecular weight is 467 g/mol.